The summed E-state index contributed by atoms with van der Waals surface area (Å²) in [6, 6.07) is 22.1. The first-order chi connectivity index (χ1) is 21.8. The number of hydrogen-bond donors (Lipinski definition) is 3. The third-order valence-corrected chi connectivity index (χ3v) is 8.84. The number of likely N-dealkylation sites (tertiary alicyclic amines) is 1. The molecular formula is C36H42N4O5. The van der Waals surface area contributed by atoms with E-state index in [1.807, 2.05) is 6.07 Å². The van der Waals surface area contributed by atoms with Gasteiger partial charge in [0.15, 0.2) is 0 Å². The molecule has 2 amide bonds. The average Bonchev–Trinajstić information content (AvgIpc) is 3.06. The summed E-state index contributed by atoms with van der Waals surface area (Å²) in [7, 11) is 2.61. The molecule has 0 aliphatic carbocycles. The summed E-state index contributed by atoms with van der Waals surface area (Å²) in [4.78, 5) is 40.9. The van der Waals surface area contributed by atoms with Crippen molar-refractivity contribution in [3.63, 3.8) is 0 Å². The minimum atomic E-state index is -0.722. The Morgan fingerprint density at radius 1 is 0.867 bits per heavy atom. The number of fused-ring (bicyclic) bond motifs is 1. The summed E-state index contributed by atoms with van der Waals surface area (Å²) in [5.74, 6) is -1.25. The van der Waals surface area contributed by atoms with Gasteiger partial charge in [-0.25, -0.2) is 14.4 Å². The molecule has 1 saturated heterocycles. The maximum Gasteiger partial charge on any atom is 0.336 e. The molecule has 0 spiro atoms. The molecule has 0 radical (unpaired) electrons. The Bertz CT molecular complexity index is 1590. The van der Waals surface area contributed by atoms with E-state index in [1.54, 1.807) is 32.0 Å². The van der Waals surface area contributed by atoms with Gasteiger partial charge < -0.3 is 30.3 Å². The Balaban J connectivity index is 1.14. The van der Waals surface area contributed by atoms with E-state index in [0.29, 0.717) is 46.3 Å². The van der Waals surface area contributed by atoms with E-state index in [1.165, 1.54) is 30.6 Å². The number of carbonyl (C=O) groups excluding carboxylic acids is 3. The number of carbonyl (C=O) groups is 3. The number of methoxy groups -OCH3 is 2. The topological polar surface area (TPSA) is 109 Å². The highest BCUT2D eigenvalue weighted by Crippen LogP contribution is 2.40. The molecule has 0 aromatic heterocycles. The number of benzene rings is 3. The Morgan fingerprint density at radius 3 is 2.20 bits per heavy atom. The van der Waals surface area contributed by atoms with Crippen molar-refractivity contribution in [1.82, 2.24) is 15.5 Å². The first-order valence-corrected chi connectivity index (χ1v) is 15.5. The van der Waals surface area contributed by atoms with Crippen molar-refractivity contribution in [2.24, 2.45) is 0 Å². The van der Waals surface area contributed by atoms with E-state index in [2.05, 4.69) is 63.3 Å². The van der Waals surface area contributed by atoms with Crippen LogP contribution in [0.1, 0.15) is 56.1 Å². The summed E-state index contributed by atoms with van der Waals surface area (Å²) < 4.78 is 10.1. The van der Waals surface area contributed by atoms with Crippen LogP contribution in [-0.4, -0.2) is 63.3 Å². The fourth-order valence-corrected chi connectivity index (χ4v) is 6.64. The Labute approximate surface area is 264 Å². The molecule has 5 rings (SSSR count). The van der Waals surface area contributed by atoms with Gasteiger partial charge in [-0.1, -0.05) is 54.6 Å². The molecule has 0 bridgehead atoms. The van der Waals surface area contributed by atoms with Crippen LogP contribution in [0.5, 0.6) is 0 Å². The molecule has 45 heavy (non-hydrogen) atoms. The lowest BCUT2D eigenvalue weighted by molar-refractivity contribution is -0.137. The lowest BCUT2D eigenvalue weighted by Crippen LogP contribution is -2.36. The summed E-state index contributed by atoms with van der Waals surface area (Å²) >= 11 is 0. The van der Waals surface area contributed by atoms with Gasteiger partial charge >= 0.3 is 18.0 Å². The van der Waals surface area contributed by atoms with Crippen molar-refractivity contribution in [3.05, 3.63) is 100 Å². The number of anilines is 1. The minimum absolute atomic E-state index is 0.311. The van der Waals surface area contributed by atoms with E-state index >= 15 is 0 Å². The number of amides is 2. The fraction of sp³-hybridized carbons (Fsp3) is 0.361. The second kappa shape index (κ2) is 14.4. The van der Waals surface area contributed by atoms with Gasteiger partial charge in [0.1, 0.15) is 0 Å². The number of ether oxygens (including phenoxy) is 2. The number of rotatable bonds is 9. The largest absolute Gasteiger partial charge is 0.466 e. The van der Waals surface area contributed by atoms with Gasteiger partial charge in [0.25, 0.3) is 0 Å². The highest BCUT2D eigenvalue weighted by Gasteiger charge is 2.37. The monoisotopic (exact) mass is 610 g/mol. The van der Waals surface area contributed by atoms with E-state index in [9.17, 15) is 14.4 Å². The van der Waals surface area contributed by atoms with Gasteiger partial charge in [0.05, 0.1) is 31.3 Å². The van der Waals surface area contributed by atoms with Crippen molar-refractivity contribution in [2.45, 2.75) is 44.9 Å². The molecule has 3 aromatic carbocycles. The number of hydrogen-bond acceptors (Lipinski definition) is 7. The summed E-state index contributed by atoms with van der Waals surface area (Å²) in [6.07, 6.45) is 3.11. The molecule has 2 aliphatic heterocycles. The normalized spacial score (nSPS) is 16.4. The van der Waals surface area contributed by atoms with Crippen LogP contribution in [0.25, 0.3) is 10.8 Å². The minimum Gasteiger partial charge on any atom is -0.466 e. The quantitative estimate of drug-likeness (QED) is 0.207. The predicted octanol–water partition coefficient (Wildman–Crippen LogP) is 5.81. The van der Waals surface area contributed by atoms with Gasteiger partial charge in [-0.2, -0.15) is 0 Å². The predicted molar refractivity (Wildman–Crippen MR) is 176 cm³/mol. The third kappa shape index (κ3) is 7.20. The van der Waals surface area contributed by atoms with E-state index < -0.39 is 17.9 Å². The number of urea groups is 1. The molecule has 1 fully saturated rings. The number of nitrogens with one attached hydrogen (secondary N) is 3. The van der Waals surface area contributed by atoms with Crippen molar-refractivity contribution in [3.8, 4) is 0 Å². The fourth-order valence-electron chi connectivity index (χ4n) is 6.64. The Morgan fingerprint density at radius 2 is 1.51 bits per heavy atom. The molecule has 9 heteroatoms. The van der Waals surface area contributed by atoms with Gasteiger partial charge in [0, 0.05) is 23.6 Å². The molecule has 0 unspecified atom stereocenters. The Hall–Kier alpha value is -4.63. The Kier molecular flexibility index (Phi) is 10.2. The van der Waals surface area contributed by atoms with Crippen molar-refractivity contribution in [2.75, 3.05) is 45.7 Å². The second-order valence-electron chi connectivity index (χ2n) is 11.7. The number of nitrogens with zero attached hydrogens (tertiary/aromatic N) is 1. The summed E-state index contributed by atoms with van der Waals surface area (Å²) in [5, 5.41) is 11.6. The molecule has 3 N–H and O–H groups in total. The number of esters is 2. The molecular weight excluding hydrogens is 568 g/mol. The van der Waals surface area contributed by atoms with Crippen LogP contribution in [0.2, 0.25) is 0 Å². The molecule has 0 saturated carbocycles. The number of piperidine rings is 1. The average molecular weight is 611 g/mol. The van der Waals surface area contributed by atoms with Crippen LogP contribution in [0.3, 0.4) is 0 Å². The lowest BCUT2D eigenvalue weighted by atomic mass is 9.80. The van der Waals surface area contributed by atoms with Crippen LogP contribution in [0.15, 0.2) is 89.3 Å². The van der Waals surface area contributed by atoms with Crippen molar-refractivity contribution < 1.29 is 23.9 Å². The van der Waals surface area contributed by atoms with Crippen LogP contribution >= 0.6 is 0 Å². The first-order valence-electron chi connectivity index (χ1n) is 15.5. The van der Waals surface area contributed by atoms with Gasteiger partial charge in [-0.3, -0.25) is 0 Å². The summed E-state index contributed by atoms with van der Waals surface area (Å²) in [6.45, 7) is 7.10. The number of allylic oxidation sites excluding steroid dienone is 2. The molecule has 9 nitrogen and oxygen atoms in total. The van der Waals surface area contributed by atoms with Gasteiger partial charge in [-0.15, -0.1) is 0 Å². The standard InChI is InChI=1S/C36H42N4O5/c1-23-31(34(41)44-3)33(32(24(2)38-23)35(42)45-4)27-12-7-13-28(22-27)39-36(43)37-18-9-19-40-20-16-26(17-21-40)30-15-8-11-25-10-5-6-14-29(25)30/h5-8,10-15,22,26,33,38H,9,16-21H2,1-4H3,(H2,37,39,43). The van der Waals surface area contributed by atoms with Crippen molar-refractivity contribution in [1.29, 1.82) is 0 Å². The molecule has 3 aromatic rings. The maximum atomic E-state index is 12.8. The SMILES string of the molecule is COC(=O)C1=C(C)NC(C)=C(C(=O)OC)C1c1cccc(NC(=O)NCCCN2CCC(c3cccc4ccccc34)CC2)c1. The highest BCUT2D eigenvalue weighted by molar-refractivity contribution is 6.00. The summed E-state index contributed by atoms with van der Waals surface area (Å²) in [5.41, 5.74) is 4.45. The first kappa shape index (κ1) is 31.8. The third-order valence-electron chi connectivity index (χ3n) is 8.84. The maximum absolute atomic E-state index is 12.8. The lowest BCUT2D eigenvalue weighted by Gasteiger charge is -2.32. The van der Waals surface area contributed by atoms with Crippen LogP contribution < -0.4 is 16.0 Å². The smallest absolute Gasteiger partial charge is 0.336 e. The molecule has 2 heterocycles. The van der Waals surface area contributed by atoms with Crippen LogP contribution in [0.4, 0.5) is 10.5 Å². The zero-order chi connectivity index (χ0) is 31.9. The van der Waals surface area contributed by atoms with Gasteiger partial charge in [-0.05, 0) is 92.7 Å². The number of dihydropyridines is 1. The van der Waals surface area contributed by atoms with Crippen LogP contribution in [0, 0.1) is 0 Å². The molecule has 2 aliphatic rings. The zero-order valence-corrected chi connectivity index (χ0v) is 26.4. The van der Waals surface area contributed by atoms with E-state index in [4.69, 9.17) is 9.47 Å². The van der Waals surface area contributed by atoms with E-state index in [-0.39, 0.29) is 6.03 Å². The van der Waals surface area contributed by atoms with E-state index in [0.717, 1.165) is 38.9 Å². The highest BCUT2D eigenvalue weighted by atomic mass is 16.5. The second-order valence-corrected chi connectivity index (χ2v) is 11.7. The molecule has 236 valence electrons. The zero-order valence-electron chi connectivity index (χ0n) is 26.4. The van der Waals surface area contributed by atoms with Gasteiger partial charge in [0.2, 0.25) is 0 Å². The molecule has 0 atom stereocenters. The van der Waals surface area contributed by atoms with Crippen LogP contribution in [-0.2, 0) is 19.1 Å². The van der Waals surface area contributed by atoms with Crippen molar-refractivity contribution >= 4 is 34.4 Å².